The predicted octanol–water partition coefficient (Wildman–Crippen LogP) is 2.60. The average molecular weight is 288 g/mol. The number of hydrogen-bond acceptors (Lipinski definition) is 4. The van der Waals surface area contributed by atoms with E-state index in [1.54, 1.807) is 6.20 Å². The molecule has 112 valence electrons. The van der Waals surface area contributed by atoms with E-state index in [-0.39, 0.29) is 0 Å². The number of ether oxygens (including phenoxy) is 1. The van der Waals surface area contributed by atoms with Crippen LogP contribution < -0.4 is 5.32 Å². The number of aromatic amines is 1. The second kappa shape index (κ2) is 6.58. The zero-order valence-electron chi connectivity index (χ0n) is 12.0. The van der Waals surface area contributed by atoms with Crippen molar-refractivity contribution in [2.24, 2.45) is 0 Å². The first-order chi connectivity index (χ1) is 10.3. The van der Waals surface area contributed by atoms with Crippen LogP contribution in [0.1, 0.15) is 19.3 Å². The minimum Gasteiger partial charge on any atom is -0.448 e. The number of benzene rings is 1. The highest BCUT2D eigenvalue weighted by atomic mass is 16.5. The number of aromatic nitrogens is 2. The summed E-state index contributed by atoms with van der Waals surface area (Å²) >= 11 is 0. The van der Waals surface area contributed by atoms with Gasteiger partial charge in [-0.05, 0) is 38.1 Å². The zero-order valence-corrected chi connectivity index (χ0v) is 12.0. The molecule has 21 heavy (non-hydrogen) atoms. The lowest BCUT2D eigenvalue weighted by molar-refractivity contribution is 0.131. The van der Waals surface area contributed by atoms with E-state index in [0.29, 0.717) is 12.3 Å². The summed E-state index contributed by atoms with van der Waals surface area (Å²) in [5, 5.41) is 10.5. The average Bonchev–Trinajstić information content (AvgIpc) is 2.98. The van der Waals surface area contributed by atoms with Crippen molar-refractivity contribution in [1.82, 2.24) is 15.1 Å². The van der Waals surface area contributed by atoms with Crippen LogP contribution >= 0.6 is 0 Å². The number of fused-ring (bicyclic) bond motifs is 1. The lowest BCUT2D eigenvalue weighted by Crippen LogP contribution is -2.33. The van der Waals surface area contributed by atoms with Gasteiger partial charge in [-0.3, -0.25) is 15.3 Å². The molecule has 0 saturated carbocycles. The van der Waals surface area contributed by atoms with Crippen LogP contribution in [0.2, 0.25) is 0 Å². The Balaban J connectivity index is 1.48. The van der Waals surface area contributed by atoms with Crippen LogP contribution in [0.3, 0.4) is 0 Å². The normalized spacial score (nSPS) is 16.0. The van der Waals surface area contributed by atoms with Crippen molar-refractivity contribution < 1.29 is 9.53 Å². The van der Waals surface area contributed by atoms with Gasteiger partial charge in [-0.1, -0.05) is 12.5 Å². The van der Waals surface area contributed by atoms with Gasteiger partial charge in [0.1, 0.15) is 6.61 Å². The number of carbonyl (C=O) groups excluding carboxylic acids is 1. The van der Waals surface area contributed by atoms with Crippen molar-refractivity contribution in [3.8, 4) is 0 Å². The Morgan fingerprint density at radius 3 is 3.05 bits per heavy atom. The standard InChI is InChI=1S/C15H20N4O2/c20-15(21-10-9-19-7-2-1-3-8-19)17-13-5-4-6-14-12(13)11-16-18-14/h4-6,11H,1-3,7-10H2,(H,16,18)(H,17,20). The third kappa shape index (κ3) is 3.52. The first-order valence-electron chi connectivity index (χ1n) is 7.41. The fourth-order valence-corrected chi connectivity index (χ4v) is 2.67. The number of piperidine rings is 1. The molecule has 6 nitrogen and oxygen atoms in total. The molecular weight excluding hydrogens is 268 g/mol. The van der Waals surface area contributed by atoms with Crippen molar-refractivity contribution in [3.63, 3.8) is 0 Å². The number of amides is 1. The van der Waals surface area contributed by atoms with E-state index in [9.17, 15) is 4.79 Å². The minimum atomic E-state index is -0.416. The van der Waals surface area contributed by atoms with E-state index in [0.717, 1.165) is 30.5 Å². The van der Waals surface area contributed by atoms with Gasteiger partial charge in [0.2, 0.25) is 0 Å². The van der Waals surface area contributed by atoms with E-state index in [1.807, 2.05) is 18.2 Å². The third-order valence-electron chi connectivity index (χ3n) is 3.81. The van der Waals surface area contributed by atoms with E-state index >= 15 is 0 Å². The van der Waals surface area contributed by atoms with E-state index in [1.165, 1.54) is 19.3 Å². The van der Waals surface area contributed by atoms with Gasteiger partial charge in [-0.15, -0.1) is 0 Å². The van der Waals surface area contributed by atoms with Gasteiger partial charge >= 0.3 is 6.09 Å². The number of hydrogen-bond donors (Lipinski definition) is 2. The van der Waals surface area contributed by atoms with Gasteiger partial charge in [0.15, 0.2) is 0 Å². The molecule has 1 aromatic heterocycles. The lowest BCUT2D eigenvalue weighted by atomic mass is 10.1. The molecule has 0 spiro atoms. The predicted molar refractivity (Wildman–Crippen MR) is 81.4 cm³/mol. The summed E-state index contributed by atoms with van der Waals surface area (Å²) in [7, 11) is 0. The molecular formula is C15H20N4O2. The fraction of sp³-hybridized carbons (Fsp3) is 0.467. The smallest absolute Gasteiger partial charge is 0.411 e. The molecule has 6 heteroatoms. The van der Waals surface area contributed by atoms with Gasteiger partial charge in [-0.2, -0.15) is 5.10 Å². The van der Waals surface area contributed by atoms with Crippen molar-refractivity contribution >= 4 is 22.7 Å². The molecule has 0 radical (unpaired) electrons. The monoisotopic (exact) mass is 288 g/mol. The molecule has 1 aliphatic heterocycles. The number of carbonyl (C=O) groups is 1. The largest absolute Gasteiger partial charge is 0.448 e. The van der Waals surface area contributed by atoms with Crippen molar-refractivity contribution in [2.75, 3.05) is 31.6 Å². The van der Waals surface area contributed by atoms with E-state index in [4.69, 9.17) is 4.74 Å². The number of nitrogens with one attached hydrogen (secondary N) is 2. The third-order valence-corrected chi connectivity index (χ3v) is 3.81. The highest BCUT2D eigenvalue weighted by Crippen LogP contribution is 2.21. The summed E-state index contributed by atoms with van der Waals surface area (Å²) in [5.41, 5.74) is 1.60. The van der Waals surface area contributed by atoms with Gasteiger partial charge < -0.3 is 4.74 Å². The van der Waals surface area contributed by atoms with Gasteiger partial charge in [0.05, 0.1) is 17.4 Å². The molecule has 2 aromatic rings. The number of nitrogens with zero attached hydrogens (tertiary/aromatic N) is 2. The van der Waals surface area contributed by atoms with Crippen LogP contribution in [0.5, 0.6) is 0 Å². The quantitative estimate of drug-likeness (QED) is 0.907. The van der Waals surface area contributed by atoms with Crippen LogP contribution in [0.15, 0.2) is 24.4 Å². The maximum atomic E-state index is 11.8. The van der Waals surface area contributed by atoms with Crippen molar-refractivity contribution in [1.29, 1.82) is 0 Å². The van der Waals surface area contributed by atoms with Gasteiger partial charge in [0.25, 0.3) is 0 Å². The SMILES string of the molecule is O=C(Nc1cccc2[nH]ncc12)OCCN1CCCCC1. The molecule has 0 bridgehead atoms. The number of rotatable bonds is 4. The Labute approximate surface area is 123 Å². The zero-order chi connectivity index (χ0) is 14.5. The van der Waals surface area contributed by atoms with Crippen molar-refractivity contribution in [3.05, 3.63) is 24.4 Å². The minimum absolute atomic E-state index is 0.416. The lowest BCUT2D eigenvalue weighted by Gasteiger charge is -2.25. The first-order valence-corrected chi connectivity index (χ1v) is 7.41. The summed E-state index contributed by atoms with van der Waals surface area (Å²) in [6.45, 7) is 3.45. The van der Waals surface area contributed by atoms with E-state index in [2.05, 4.69) is 20.4 Å². The number of likely N-dealkylation sites (tertiary alicyclic amines) is 1. The second-order valence-electron chi connectivity index (χ2n) is 5.30. The highest BCUT2D eigenvalue weighted by molar-refractivity contribution is 5.98. The number of anilines is 1. The van der Waals surface area contributed by atoms with Crippen LogP contribution in [-0.2, 0) is 4.74 Å². The number of H-pyrrole nitrogens is 1. The Hall–Kier alpha value is -2.08. The van der Waals surface area contributed by atoms with Crippen LogP contribution in [0.4, 0.5) is 10.5 Å². The fourth-order valence-electron chi connectivity index (χ4n) is 2.67. The van der Waals surface area contributed by atoms with Crippen LogP contribution in [-0.4, -0.2) is 47.4 Å². The first kappa shape index (κ1) is 13.9. The Morgan fingerprint density at radius 2 is 2.19 bits per heavy atom. The molecule has 1 saturated heterocycles. The van der Waals surface area contributed by atoms with Crippen LogP contribution in [0.25, 0.3) is 10.9 Å². The van der Waals surface area contributed by atoms with E-state index < -0.39 is 6.09 Å². The molecule has 2 heterocycles. The maximum absolute atomic E-state index is 11.8. The molecule has 1 amide bonds. The summed E-state index contributed by atoms with van der Waals surface area (Å²) < 4.78 is 5.25. The van der Waals surface area contributed by atoms with Gasteiger partial charge in [0, 0.05) is 11.9 Å². The van der Waals surface area contributed by atoms with Gasteiger partial charge in [-0.25, -0.2) is 4.79 Å². The molecule has 0 aliphatic carbocycles. The molecule has 3 rings (SSSR count). The molecule has 1 aromatic carbocycles. The maximum Gasteiger partial charge on any atom is 0.411 e. The van der Waals surface area contributed by atoms with Crippen molar-refractivity contribution in [2.45, 2.75) is 19.3 Å². The molecule has 0 unspecified atom stereocenters. The summed E-state index contributed by atoms with van der Waals surface area (Å²) in [4.78, 5) is 14.2. The second-order valence-corrected chi connectivity index (χ2v) is 5.30. The molecule has 1 fully saturated rings. The molecule has 0 atom stereocenters. The summed E-state index contributed by atoms with van der Waals surface area (Å²) in [6.07, 6.45) is 5.08. The Kier molecular flexibility index (Phi) is 4.35. The molecule has 1 aliphatic rings. The summed E-state index contributed by atoms with van der Waals surface area (Å²) in [5.74, 6) is 0. The highest BCUT2D eigenvalue weighted by Gasteiger charge is 2.11. The Bertz CT molecular complexity index is 604. The summed E-state index contributed by atoms with van der Waals surface area (Å²) in [6, 6.07) is 5.61. The topological polar surface area (TPSA) is 70.2 Å². The molecule has 2 N–H and O–H groups in total. The van der Waals surface area contributed by atoms with Crippen LogP contribution in [0, 0.1) is 0 Å². The Morgan fingerprint density at radius 1 is 1.33 bits per heavy atom.